The predicted octanol–water partition coefficient (Wildman–Crippen LogP) is 20.6. The zero-order valence-electron chi connectivity index (χ0n) is 41.8. The second-order valence-electron chi connectivity index (χ2n) is 19.7. The van der Waals surface area contributed by atoms with Crippen molar-refractivity contribution in [3.8, 4) is 72.4 Å². The van der Waals surface area contributed by atoms with Crippen LogP contribution in [0.4, 0.5) is 17.1 Å². The van der Waals surface area contributed by atoms with Gasteiger partial charge in [0, 0.05) is 33.2 Å². The Bertz CT molecular complexity index is 4310. The lowest BCUT2D eigenvalue weighted by Gasteiger charge is -2.27. The van der Waals surface area contributed by atoms with Gasteiger partial charge < -0.3 is 9.47 Å². The van der Waals surface area contributed by atoms with E-state index < -0.39 is 0 Å². The largest absolute Gasteiger partial charge is 0.310 e. The van der Waals surface area contributed by atoms with E-state index in [-0.39, 0.29) is 0 Å². The molecule has 1 aromatic heterocycles. The van der Waals surface area contributed by atoms with Gasteiger partial charge in [0.15, 0.2) is 0 Å². The zero-order valence-corrected chi connectivity index (χ0v) is 41.8. The Labute approximate surface area is 443 Å². The fourth-order valence-corrected chi connectivity index (χ4v) is 11.3. The molecule has 0 radical (unpaired) electrons. The molecule has 0 aliphatic rings. The summed E-state index contributed by atoms with van der Waals surface area (Å²) < 4.78 is 2.45. The highest BCUT2D eigenvalue weighted by Gasteiger charge is 2.19. The van der Waals surface area contributed by atoms with E-state index in [0.717, 1.165) is 28.3 Å². The van der Waals surface area contributed by atoms with Crippen molar-refractivity contribution >= 4 is 60.4 Å². The molecule has 0 fully saturated rings. The highest BCUT2D eigenvalue weighted by molar-refractivity contribution is 6.11. The average Bonchev–Trinajstić information content (AvgIpc) is 3.92. The molecular formula is C74H50N2. The van der Waals surface area contributed by atoms with Crippen molar-refractivity contribution in [2.75, 3.05) is 4.90 Å². The number of hydrogen-bond acceptors (Lipinski definition) is 1. The quantitative estimate of drug-likeness (QED) is 0.133. The number of rotatable bonds is 10. The summed E-state index contributed by atoms with van der Waals surface area (Å²) in [5.74, 6) is 0. The molecule has 0 aliphatic heterocycles. The lowest BCUT2D eigenvalue weighted by Crippen LogP contribution is -2.10. The van der Waals surface area contributed by atoms with Crippen molar-refractivity contribution in [2.45, 2.75) is 0 Å². The molecule has 0 N–H and O–H groups in total. The van der Waals surface area contributed by atoms with Crippen molar-refractivity contribution in [1.82, 2.24) is 4.57 Å². The number of nitrogens with zero attached hydrogens (tertiary/aromatic N) is 2. The van der Waals surface area contributed by atoms with Crippen LogP contribution in [0.5, 0.6) is 0 Å². The van der Waals surface area contributed by atoms with Gasteiger partial charge >= 0.3 is 0 Å². The molecule has 2 nitrogen and oxygen atoms in total. The van der Waals surface area contributed by atoms with E-state index in [0.29, 0.717) is 0 Å². The van der Waals surface area contributed by atoms with E-state index >= 15 is 0 Å². The zero-order chi connectivity index (χ0) is 50.4. The van der Waals surface area contributed by atoms with Gasteiger partial charge in [-0.05, 0) is 150 Å². The summed E-state index contributed by atoms with van der Waals surface area (Å²) in [4.78, 5) is 2.40. The molecule has 0 saturated carbocycles. The van der Waals surface area contributed by atoms with Crippen LogP contribution in [0.2, 0.25) is 0 Å². The molecule has 0 bridgehead atoms. The Morgan fingerprint density at radius 1 is 0.211 bits per heavy atom. The predicted molar refractivity (Wildman–Crippen MR) is 323 cm³/mol. The maximum Gasteiger partial charge on any atom is 0.0541 e. The molecule has 2 heteroatoms. The molecular weight excluding hydrogens is 917 g/mol. The molecule has 0 atom stereocenters. The summed E-state index contributed by atoms with van der Waals surface area (Å²) in [6.07, 6.45) is 0. The van der Waals surface area contributed by atoms with E-state index in [1.165, 1.54) is 105 Å². The Balaban J connectivity index is 0.833. The number of anilines is 3. The van der Waals surface area contributed by atoms with Crippen LogP contribution >= 0.6 is 0 Å². The summed E-state index contributed by atoms with van der Waals surface area (Å²) in [7, 11) is 0. The molecule has 0 aliphatic carbocycles. The third kappa shape index (κ3) is 8.29. The second kappa shape index (κ2) is 19.1. The third-order valence-corrected chi connectivity index (χ3v) is 15.2. The summed E-state index contributed by atoms with van der Waals surface area (Å²) in [6, 6.07) is 111. The fraction of sp³-hybridized carbons (Fsp3) is 0. The van der Waals surface area contributed by atoms with Gasteiger partial charge in [-0.25, -0.2) is 0 Å². The van der Waals surface area contributed by atoms with Crippen LogP contribution < -0.4 is 4.90 Å². The molecule has 76 heavy (non-hydrogen) atoms. The number of benzene rings is 13. The lowest BCUT2D eigenvalue weighted by atomic mass is 9.95. The van der Waals surface area contributed by atoms with Gasteiger partial charge in [0.05, 0.1) is 16.7 Å². The molecule has 0 spiro atoms. The van der Waals surface area contributed by atoms with Crippen molar-refractivity contribution in [2.24, 2.45) is 0 Å². The molecule has 13 aromatic carbocycles. The van der Waals surface area contributed by atoms with Crippen LogP contribution in [0.25, 0.3) is 116 Å². The normalized spacial score (nSPS) is 11.4. The Hall–Kier alpha value is -10.0. The standard InChI is InChI=1S/C74H50N2/c1-3-15-51(16-4-1)54-29-37-58(38-30-54)64-45-65(59-39-31-55(32-40-59)52-17-5-2-6-18-52)49-68(48-64)76-73-27-12-11-26-70(73)71-50-63(42-44-74(71)76)57-35-33-56(34-36-57)62-23-13-24-66(46-62)75(67-43-41-53-19-7-8-21-61(53)47-67)72-28-14-22-60-20-9-10-25-69(60)72/h1-50H. The van der Waals surface area contributed by atoms with Gasteiger partial charge in [-0.2, -0.15) is 0 Å². The molecule has 0 amide bonds. The number of aromatic nitrogens is 1. The van der Waals surface area contributed by atoms with Crippen LogP contribution in [0.3, 0.4) is 0 Å². The average molecular weight is 967 g/mol. The van der Waals surface area contributed by atoms with Crippen molar-refractivity contribution in [1.29, 1.82) is 0 Å². The highest BCUT2D eigenvalue weighted by atomic mass is 15.1. The summed E-state index contributed by atoms with van der Waals surface area (Å²) in [5, 5.41) is 7.31. The lowest BCUT2D eigenvalue weighted by molar-refractivity contribution is 1.18. The Kier molecular flexibility index (Phi) is 11.2. The first kappa shape index (κ1) is 44.7. The first-order valence-electron chi connectivity index (χ1n) is 26.1. The van der Waals surface area contributed by atoms with E-state index in [1.807, 2.05) is 0 Å². The van der Waals surface area contributed by atoms with Gasteiger partial charge in [-0.1, -0.05) is 237 Å². The van der Waals surface area contributed by atoms with Crippen LogP contribution in [0.15, 0.2) is 303 Å². The van der Waals surface area contributed by atoms with Gasteiger partial charge in [0.25, 0.3) is 0 Å². The smallest absolute Gasteiger partial charge is 0.0541 e. The van der Waals surface area contributed by atoms with Crippen LogP contribution in [0, 0.1) is 0 Å². The minimum atomic E-state index is 1.11. The number of para-hydroxylation sites is 1. The second-order valence-corrected chi connectivity index (χ2v) is 19.7. The maximum atomic E-state index is 2.45. The minimum absolute atomic E-state index is 1.11. The van der Waals surface area contributed by atoms with Crippen molar-refractivity contribution in [3.05, 3.63) is 303 Å². The first-order valence-corrected chi connectivity index (χ1v) is 26.1. The summed E-state index contributed by atoms with van der Waals surface area (Å²) in [6.45, 7) is 0. The van der Waals surface area contributed by atoms with Gasteiger partial charge in [0.2, 0.25) is 0 Å². The summed E-state index contributed by atoms with van der Waals surface area (Å²) >= 11 is 0. The van der Waals surface area contributed by atoms with Crippen LogP contribution in [-0.2, 0) is 0 Å². The van der Waals surface area contributed by atoms with Crippen LogP contribution in [0.1, 0.15) is 0 Å². The van der Waals surface area contributed by atoms with Crippen molar-refractivity contribution < 1.29 is 0 Å². The molecule has 14 rings (SSSR count). The van der Waals surface area contributed by atoms with E-state index in [1.54, 1.807) is 0 Å². The van der Waals surface area contributed by atoms with E-state index in [9.17, 15) is 0 Å². The van der Waals surface area contributed by atoms with Gasteiger partial charge in [-0.15, -0.1) is 0 Å². The molecule has 0 unspecified atom stereocenters. The summed E-state index contributed by atoms with van der Waals surface area (Å²) in [5.41, 5.74) is 21.0. The molecule has 14 aromatic rings. The van der Waals surface area contributed by atoms with Crippen LogP contribution in [-0.4, -0.2) is 4.57 Å². The minimum Gasteiger partial charge on any atom is -0.310 e. The van der Waals surface area contributed by atoms with E-state index in [4.69, 9.17) is 0 Å². The van der Waals surface area contributed by atoms with Gasteiger partial charge in [-0.3, -0.25) is 0 Å². The van der Waals surface area contributed by atoms with Crippen molar-refractivity contribution in [3.63, 3.8) is 0 Å². The maximum absolute atomic E-state index is 2.45. The monoisotopic (exact) mass is 966 g/mol. The fourth-order valence-electron chi connectivity index (χ4n) is 11.3. The Morgan fingerprint density at radius 3 is 1.29 bits per heavy atom. The Morgan fingerprint density at radius 2 is 0.645 bits per heavy atom. The molecule has 0 saturated heterocycles. The van der Waals surface area contributed by atoms with E-state index in [2.05, 4.69) is 313 Å². The SMILES string of the molecule is c1ccc(-c2ccc(-c3cc(-c4ccc(-c5ccccc5)cc4)cc(-n4c5ccccc5c5cc(-c6ccc(-c7cccc(N(c8ccc9ccccc9c8)c8cccc9ccccc89)c7)cc6)ccc54)c3)cc2)cc1. The number of hydrogen-bond donors (Lipinski definition) is 0. The molecule has 356 valence electrons. The molecule has 1 heterocycles. The third-order valence-electron chi connectivity index (χ3n) is 15.2. The van der Waals surface area contributed by atoms with Gasteiger partial charge in [0.1, 0.15) is 0 Å². The topological polar surface area (TPSA) is 8.17 Å². The highest BCUT2D eigenvalue weighted by Crippen LogP contribution is 2.43. The number of fused-ring (bicyclic) bond motifs is 5. The first-order chi connectivity index (χ1) is 37.6.